The van der Waals surface area contributed by atoms with Gasteiger partial charge in [0.25, 0.3) is 0 Å². The van der Waals surface area contributed by atoms with E-state index in [-0.39, 0.29) is 6.04 Å². The molecule has 0 aromatic carbocycles. The monoisotopic (exact) mass is 247 g/mol. The van der Waals surface area contributed by atoms with E-state index in [2.05, 4.69) is 35.6 Å². The van der Waals surface area contributed by atoms with Gasteiger partial charge >= 0.3 is 0 Å². The summed E-state index contributed by atoms with van der Waals surface area (Å²) in [6.07, 6.45) is 3.86. The molecule has 1 unspecified atom stereocenters. The Kier molecular flexibility index (Phi) is 3.87. The molecule has 0 spiro atoms. The highest BCUT2D eigenvalue weighted by atomic mass is 16.3. The summed E-state index contributed by atoms with van der Waals surface area (Å²) in [5.74, 6) is 2.97. The Morgan fingerprint density at radius 3 is 2.72 bits per heavy atom. The minimum Gasteiger partial charge on any atom is -0.465 e. The van der Waals surface area contributed by atoms with Gasteiger partial charge in [0.2, 0.25) is 0 Å². The average Bonchev–Trinajstić information content (AvgIpc) is 2.94. The molecule has 0 aliphatic heterocycles. The molecular formula is C14H21N3O. The first-order valence-corrected chi connectivity index (χ1v) is 6.39. The van der Waals surface area contributed by atoms with Crippen LogP contribution in [0.3, 0.4) is 0 Å². The van der Waals surface area contributed by atoms with Gasteiger partial charge < -0.3 is 14.3 Å². The molecule has 0 bridgehead atoms. The van der Waals surface area contributed by atoms with Gasteiger partial charge in [-0.1, -0.05) is 0 Å². The van der Waals surface area contributed by atoms with Crippen LogP contribution in [0.15, 0.2) is 28.9 Å². The minimum atomic E-state index is 0.191. The van der Waals surface area contributed by atoms with Gasteiger partial charge in [-0.3, -0.25) is 0 Å². The van der Waals surface area contributed by atoms with E-state index in [0.29, 0.717) is 6.04 Å². The van der Waals surface area contributed by atoms with Crippen molar-refractivity contribution in [2.75, 3.05) is 0 Å². The Bertz CT molecular complexity index is 499. The van der Waals surface area contributed by atoms with E-state index in [4.69, 9.17) is 4.42 Å². The molecule has 0 saturated heterocycles. The van der Waals surface area contributed by atoms with Crippen LogP contribution in [0.1, 0.15) is 50.2 Å². The second-order valence-corrected chi connectivity index (χ2v) is 4.90. The summed E-state index contributed by atoms with van der Waals surface area (Å²) < 4.78 is 7.78. The standard InChI is InChI=1S/C14H21N3O/c1-10(2)17-8-7-15-14(17)9-16-12(4)13-6-5-11(3)18-13/h5-8,10,12,16H,9H2,1-4H3. The van der Waals surface area contributed by atoms with E-state index >= 15 is 0 Å². The fourth-order valence-corrected chi connectivity index (χ4v) is 1.98. The van der Waals surface area contributed by atoms with Gasteiger partial charge in [-0.2, -0.15) is 0 Å². The van der Waals surface area contributed by atoms with Crippen molar-refractivity contribution >= 4 is 0 Å². The maximum atomic E-state index is 5.60. The van der Waals surface area contributed by atoms with Crippen molar-refractivity contribution in [3.8, 4) is 0 Å². The first kappa shape index (κ1) is 12.9. The SMILES string of the molecule is Cc1ccc(C(C)NCc2nccn2C(C)C)o1. The van der Waals surface area contributed by atoms with Crippen LogP contribution in [0, 0.1) is 6.92 Å². The zero-order valence-electron chi connectivity index (χ0n) is 11.5. The van der Waals surface area contributed by atoms with E-state index in [1.54, 1.807) is 0 Å². The van der Waals surface area contributed by atoms with Crippen LogP contribution >= 0.6 is 0 Å². The van der Waals surface area contributed by atoms with Crippen LogP contribution in [-0.2, 0) is 6.54 Å². The lowest BCUT2D eigenvalue weighted by atomic mass is 10.2. The van der Waals surface area contributed by atoms with Crippen LogP contribution in [0.2, 0.25) is 0 Å². The van der Waals surface area contributed by atoms with Crippen molar-refractivity contribution in [1.82, 2.24) is 14.9 Å². The molecule has 2 heterocycles. The van der Waals surface area contributed by atoms with Gasteiger partial charge in [0.15, 0.2) is 0 Å². The molecule has 2 rings (SSSR count). The summed E-state index contributed by atoms with van der Waals surface area (Å²) in [7, 11) is 0. The van der Waals surface area contributed by atoms with E-state index < -0.39 is 0 Å². The van der Waals surface area contributed by atoms with E-state index in [1.807, 2.05) is 31.5 Å². The number of rotatable bonds is 5. The van der Waals surface area contributed by atoms with Crippen LogP contribution in [0.25, 0.3) is 0 Å². The lowest BCUT2D eigenvalue weighted by molar-refractivity contribution is 0.408. The van der Waals surface area contributed by atoms with Gasteiger partial charge in [0.05, 0.1) is 12.6 Å². The van der Waals surface area contributed by atoms with E-state index in [9.17, 15) is 0 Å². The molecular weight excluding hydrogens is 226 g/mol. The van der Waals surface area contributed by atoms with Crippen LogP contribution in [-0.4, -0.2) is 9.55 Å². The molecule has 98 valence electrons. The highest BCUT2D eigenvalue weighted by Crippen LogP contribution is 2.16. The molecule has 0 saturated carbocycles. The third-order valence-electron chi connectivity index (χ3n) is 3.06. The Morgan fingerprint density at radius 1 is 1.33 bits per heavy atom. The molecule has 4 nitrogen and oxygen atoms in total. The van der Waals surface area contributed by atoms with E-state index in [1.165, 1.54) is 0 Å². The second kappa shape index (κ2) is 5.40. The Labute approximate surface area is 108 Å². The number of aromatic nitrogens is 2. The third-order valence-corrected chi connectivity index (χ3v) is 3.06. The predicted molar refractivity (Wildman–Crippen MR) is 71.3 cm³/mol. The fraction of sp³-hybridized carbons (Fsp3) is 0.500. The van der Waals surface area contributed by atoms with Crippen molar-refractivity contribution in [2.24, 2.45) is 0 Å². The third kappa shape index (κ3) is 2.82. The number of aryl methyl sites for hydroxylation is 1. The Balaban J connectivity index is 1.97. The molecule has 0 fully saturated rings. The molecule has 4 heteroatoms. The first-order valence-electron chi connectivity index (χ1n) is 6.39. The number of furan rings is 1. The Hall–Kier alpha value is -1.55. The number of imidazole rings is 1. The van der Waals surface area contributed by atoms with Gasteiger partial charge in [-0.25, -0.2) is 4.98 Å². The van der Waals surface area contributed by atoms with Gasteiger partial charge in [-0.15, -0.1) is 0 Å². The van der Waals surface area contributed by atoms with Crippen LogP contribution < -0.4 is 5.32 Å². The van der Waals surface area contributed by atoms with Crippen molar-refractivity contribution in [3.63, 3.8) is 0 Å². The summed E-state index contributed by atoms with van der Waals surface area (Å²) in [5.41, 5.74) is 0. The fourth-order valence-electron chi connectivity index (χ4n) is 1.98. The maximum absolute atomic E-state index is 5.60. The van der Waals surface area contributed by atoms with Crippen molar-refractivity contribution < 1.29 is 4.42 Å². The molecule has 1 N–H and O–H groups in total. The van der Waals surface area contributed by atoms with Crippen LogP contribution in [0.4, 0.5) is 0 Å². The Morgan fingerprint density at radius 2 is 2.11 bits per heavy atom. The van der Waals surface area contributed by atoms with Gasteiger partial charge in [0.1, 0.15) is 17.3 Å². The molecule has 2 aromatic rings. The van der Waals surface area contributed by atoms with Crippen LogP contribution in [0.5, 0.6) is 0 Å². The number of nitrogens with zero attached hydrogens (tertiary/aromatic N) is 2. The second-order valence-electron chi connectivity index (χ2n) is 4.90. The number of nitrogens with one attached hydrogen (secondary N) is 1. The lowest BCUT2D eigenvalue weighted by Gasteiger charge is -2.14. The van der Waals surface area contributed by atoms with Gasteiger partial charge in [-0.05, 0) is 39.8 Å². The molecule has 0 aliphatic rings. The summed E-state index contributed by atoms with van der Waals surface area (Å²) in [6, 6.07) is 4.63. The summed E-state index contributed by atoms with van der Waals surface area (Å²) in [4.78, 5) is 4.38. The first-order chi connectivity index (χ1) is 8.58. The number of hydrogen-bond acceptors (Lipinski definition) is 3. The maximum Gasteiger partial charge on any atom is 0.122 e. The zero-order valence-corrected chi connectivity index (χ0v) is 11.5. The quantitative estimate of drug-likeness (QED) is 0.882. The van der Waals surface area contributed by atoms with E-state index in [0.717, 1.165) is 23.9 Å². The smallest absolute Gasteiger partial charge is 0.122 e. The number of hydrogen-bond donors (Lipinski definition) is 1. The predicted octanol–water partition coefficient (Wildman–Crippen LogP) is 3.22. The molecule has 1 atom stereocenters. The van der Waals surface area contributed by atoms with Crippen molar-refractivity contribution in [2.45, 2.75) is 46.3 Å². The average molecular weight is 247 g/mol. The molecule has 2 aromatic heterocycles. The lowest BCUT2D eigenvalue weighted by Crippen LogP contribution is -2.20. The topological polar surface area (TPSA) is 43.0 Å². The summed E-state index contributed by atoms with van der Waals surface area (Å²) in [6.45, 7) is 9.11. The molecule has 0 radical (unpaired) electrons. The molecule has 0 aliphatic carbocycles. The summed E-state index contributed by atoms with van der Waals surface area (Å²) >= 11 is 0. The van der Waals surface area contributed by atoms with Crippen molar-refractivity contribution in [3.05, 3.63) is 41.9 Å². The molecule has 18 heavy (non-hydrogen) atoms. The normalized spacial score (nSPS) is 13.2. The highest BCUT2D eigenvalue weighted by molar-refractivity contribution is 5.09. The largest absolute Gasteiger partial charge is 0.465 e. The molecule has 0 amide bonds. The van der Waals surface area contributed by atoms with Gasteiger partial charge in [0, 0.05) is 18.4 Å². The minimum absolute atomic E-state index is 0.191. The van der Waals surface area contributed by atoms with Crippen molar-refractivity contribution in [1.29, 1.82) is 0 Å². The highest BCUT2D eigenvalue weighted by Gasteiger charge is 2.11. The summed E-state index contributed by atoms with van der Waals surface area (Å²) in [5, 5.41) is 3.43. The zero-order chi connectivity index (χ0) is 13.1.